The van der Waals surface area contributed by atoms with Crippen molar-refractivity contribution < 1.29 is 18.0 Å². The van der Waals surface area contributed by atoms with Gasteiger partial charge in [-0.1, -0.05) is 64.5 Å². The molecule has 0 amide bonds. The standard InChI is InChI=1S/C22H13BrF3N3O/c23-16-9-15(22(24,25)26)10-17(11-16)27-21-19-4-2-1-3-18(19)20(28-29-21)14-7-5-13(12-30)6-8-14/h1-12H,(H,27,29). The first-order chi connectivity index (χ1) is 14.3. The second kappa shape index (κ2) is 7.87. The highest BCUT2D eigenvalue weighted by atomic mass is 79.9. The average Bonchev–Trinajstić information content (AvgIpc) is 2.73. The second-order valence-corrected chi connectivity index (χ2v) is 7.45. The van der Waals surface area contributed by atoms with Crippen LogP contribution >= 0.6 is 15.9 Å². The van der Waals surface area contributed by atoms with Crippen molar-refractivity contribution in [3.8, 4) is 11.3 Å². The number of nitrogens with one attached hydrogen (secondary N) is 1. The van der Waals surface area contributed by atoms with E-state index in [0.29, 0.717) is 26.9 Å². The van der Waals surface area contributed by atoms with Crippen molar-refractivity contribution in [1.29, 1.82) is 0 Å². The van der Waals surface area contributed by atoms with Crippen LogP contribution < -0.4 is 5.32 Å². The zero-order chi connectivity index (χ0) is 21.3. The van der Waals surface area contributed by atoms with Crippen LogP contribution in [0.5, 0.6) is 0 Å². The molecule has 0 bridgehead atoms. The minimum Gasteiger partial charge on any atom is -0.338 e. The number of anilines is 2. The van der Waals surface area contributed by atoms with Gasteiger partial charge in [-0.2, -0.15) is 13.2 Å². The number of fused-ring (bicyclic) bond motifs is 1. The molecule has 0 fully saturated rings. The number of halogens is 4. The highest BCUT2D eigenvalue weighted by Crippen LogP contribution is 2.35. The summed E-state index contributed by atoms with van der Waals surface area (Å²) in [5.41, 5.74) is 1.39. The van der Waals surface area contributed by atoms with Crippen LogP contribution in [0.3, 0.4) is 0 Å². The number of alkyl halides is 3. The molecular weight excluding hydrogens is 459 g/mol. The van der Waals surface area contributed by atoms with Gasteiger partial charge in [-0.05, 0) is 18.2 Å². The monoisotopic (exact) mass is 471 g/mol. The molecule has 0 atom stereocenters. The Morgan fingerprint density at radius 3 is 2.27 bits per heavy atom. The van der Waals surface area contributed by atoms with Crippen molar-refractivity contribution in [3.05, 3.63) is 82.3 Å². The number of hydrogen-bond donors (Lipinski definition) is 1. The van der Waals surface area contributed by atoms with Gasteiger partial charge < -0.3 is 5.32 Å². The first-order valence-corrected chi connectivity index (χ1v) is 9.60. The average molecular weight is 472 g/mol. The lowest BCUT2D eigenvalue weighted by Crippen LogP contribution is -2.06. The van der Waals surface area contributed by atoms with Gasteiger partial charge in [0.25, 0.3) is 0 Å². The summed E-state index contributed by atoms with van der Waals surface area (Å²) in [5, 5.41) is 12.9. The minimum absolute atomic E-state index is 0.235. The van der Waals surface area contributed by atoms with Crippen LogP contribution in [0, 0.1) is 0 Å². The molecule has 1 heterocycles. The number of aromatic nitrogens is 2. The van der Waals surface area contributed by atoms with Crippen LogP contribution in [0.15, 0.2) is 71.2 Å². The van der Waals surface area contributed by atoms with Gasteiger partial charge in [0.2, 0.25) is 0 Å². The van der Waals surface area contributed by atoms with Gasteiger partial charge in [0.15, 0.2) is 5.82 Å². The molecule has 4 aromatic rings. The van der Waals surface area contributed by atoms with Crippen LogP contribution in [0.25, 0.3) is 22.0 Å². The molecule has 0 saturated heterocycles. The number of aldehydes is 1. The van der Waals surface area contributed by atoms with Crippen LogP contribution in [-0.2, 0) is 6.18 Å². The molecule has 3 aromatic carbocycles. The summed E-state index contributed by atoms with van der Waals surface area (Å²) >= 11 is 3.12. The predicted octanol–water partition coefficient (Wildman–Crippen LogP) is 6.63. The SMILES string of the molecule is O=Cc1ccc(-c2nnc(Nc3cc(Br)cc(C(F)(F)F)c3)c3ccccc23)cc1. The second-order valence-electron chi connectivity index (χ2n) is 6.53. The zero-order valence-electron chi connectivity index (χ0n) is 15.2. The highest BCUT2D eigenvalue weighted by molar-refractivity contribution is 9.10. The lowest BCUT2D eigenvalue weighted by atomic mass is 10.0. The fourth-order valence-electron chi connectivity index (χ4n) is 3.09. The third-order valence-electron chi connectivity index (χ3n) is 4.50. The predicted molar refractivity (Wildman–Crippen MR) is 113 cm³/mol. The number of carbonyl (C=O) groups is 1. The summed E-state index contributed by atoms with van der Waals surface area (Å²) in [7, 11) is 0. The fraction of sp³-hybridized carbons (Fsp3) is 0.0455. The Hall–Kier alpha value is -3.26. The molecule has 30 heavy (non-hydrogen) atoms. The minimum atomic E-state index is -4.47. The van der Waals surface area contributed by atoms with Gasteiger partial charge in [0.1, 0.15) is 12.0 Å². The third kappa shape index (κ3) is 4.04. The van der Waals surface area contributed by atoms with E-state index in [4.69, 9.17) is 0 Å². The molecule has 0 aliphatic carbocycles. The Labute approximate surface area is 177 Å². The lowest BCUT2D eigenvalue weighted by Gasteiger charge is -2.13. The van der Waals surface area contributed by atoms with Gasteiger partial charge in [-0.15, -0.1) is 10.2 Å². The van der Waals surface area contributed by atoms with Crippen molar-refractivity contribution in [2.45, 2.75) is 6.18 Å². The molecule has 4 rings (SSSR count). The number of rotatable bonds is 4. The topological polar surface area (TPSA) is 54.9 Å². The molecule has 8 heteroatoms. The Morgan fingerprint density at radius 1 is 0.900 bits per heavy atom. The molecule has 0 radical (unpaired) electrons. The van der Waals surface area contributed by atoms with E-state index in [1.54, 1.807) is 24.3 Å². The van der Waals surface area contributed by atoms with Gasteiger partial charge in [-0.25, -0.2) is 0 Å². The van der Waals surface area contributed by atoms with E-state index in [1.165, 1.54) is 6.07 Å². The van der Waals surface area contributed by atoms with E-state index >= 15 is 0 Å². The molecular formula is C22H13BrF3N3O. The summed E-state index contributed by atoms with van der Waals surface area (Å²) < 4.78 is 39.7. The zero-order valence-corrected chi connectivity index (χ0v) is 16.8. The van der Waals surface area contributed by atoms with Gasteiger partial charge in [-0.3, -0.25) is 4.79 Å². The Kier molecular flexibility index (Phi) is 5.26. The molecule has 0 spiro atoms. The van der Waals surface area contributed by atoms with Crippen molar-refractivity contribution in [3.63, 3.8) is 0 Å². The van der Waals surface area contributed by atoms with E-state index < -0.39 is 11.7 Å². The summed E-state index contributed by atoms with van der Waals surface area (Å²) in [6.07, 6.45) is -3.71. The van der Waals surface area contributed by atoms with E-state index in [0.717, 1.165) is 29.4 Å². The van der Waals surface area contributed by atoms with Crippen LogP contribution in [0.1, 0.15) is 15.9 Å². The molecule has 1 N–H and O–H groups in total. The van der Waals surface area contributed by atoms with Crippen molar-refractivity contribution >= 4 is 44.5 Å². The number of hydrogen-bond acceptors (Lipinski definition) is 4. The molecule has 4 nitrogen and oxygen atoms in total. The van der Waals surface area contributed by atoms with Crippen molar-refractivity contribution in [1.82, 2.24) is 10.2 Å². The van der Waals surface area contributed by atoms with Gasteiger partial charge in [0, 0.05) is 32.1 Å². The maximum atomic E-state index is 13.1. The third-order valence-corrected chi connectivity index (χ3v) is 4.95. The van der Waals surface area contributed by atoms with Crippen LogP contribution in [0.4, 0.5) is 24.7 Å². The quantitative estimate of drug-likeness (QED) is 0.339. The number of benzene rings is 3. The Bertz CT molecular complexity index is 1240. The summed E-state index contributed by atoms with van der Waals surface area (Å²) in [6.45, 7) is 0. The first kappa shape index (κ1) is 20.0. The molecule has 0 aliphatic rings. The summed E-state index contributed by atoms with van der Waals surface area (Å²) in [4.78, 5) is 10.9. The largest absolute Gasteiger partial charge is 0.416 e. The van der Waals surface area contributed by atoms with E-state index in [-0.39, 0.29) is 5.69 Å². The maximum Gasteiger partial charge on any atom is 0.416 e. The Balaban J connectivity index is 1.78. The van der Waals surface area contributed by atoms with Gasteiger partial charge in [0.05, 0.1) is 5.56 Å². The van der Waals surface area contributed by atoms with E-state index in [2.05, 4.69) is 31.4 Å². The number of carbonyl (C=O) groups excluding carboxylic acids is 1. The van der Waals surface area contributed by atoms with Crippen molar-refractivity contribution in [2.75, 3.05) is 5.32 Å². The Morgan fingerprint density at radius 2 is 1.60 bits per heavy atom. The smallest absolute Gasteiger partial charge is 0.338 e. The normalized spacial score (nSPS) is 11.5. The number of nitrogens with zero attached hydrogens (tertiary/aromatic N) is 2. The van der Waals surface area contributed by atoms with Crippen molar-refractivity contribution in [2.24, 2.45) is 0 Å². The maximum absolute atomic E-state index is 13.1. The fourth-order valence-corrected chi connectivity index (χ4v) is 3.58. The van der Waals surface area contributed by atoms with Crippen LogP contribution in [-0.4, -0.2) is 16.5 Å². The van der Waals surface area contributed by atoms with Gasteiger partial charge >= 0.3 is 6.18 Å². The summed E-state index contributed by atoms with van der Waals surface area (Å²) in [6, 6.07) is 17.8. The van der Waals surface area contributed by atoms with Crippen LogP contribution in [0.2, 0.25) is 0 Å². The lowest BCUT2D eigenvalue weighted by molar-refractivity contribution is -0.137. The first-order valence-electron chi connectivity index (χ1n) is 8.81. The summed E-state index contributed by atoms with van der Waals surface area (Å²) in [5.74, 6) is 0.338. The molecule has 150 valence electrons. The van der Waals surface area contributed by atoms with E-state index in [1.807, 2.05) is 24.3 Å². The molecule has 0 saturated carbocycles. The van der Waals surface area contributed by atoms with E-state index in [9.17, 15) is 18.0 Å². The molecule has 0 aliphatic heterocycles. The molecule has 0 unspecified atom stereocenters. The molecule has 1 aromatic heterocycles. The highest BCUT2D eigenvalue weighted by Gasteiger charge is 2.31.